The quantitative estimate of drug-likeness (QED) is 0.497. The van der Waals surface area contributed by atoms with Crippen LogP contribution in [0.4, 0.5) is 0 Å². The summed E-state index contributed by atoms with van der Waals surface area (Å²) in [5, 5.41) is 0. The Kier molecular flexibility index (Phi) is 10.7. The molecule has 2 radical (unpaired) electrons. The Morgan fingerprint density at radius 2 is 1.73 bits per heavy atom. The molecule has 0 aliphatic rings. The number of hydrogen-bond acceptors (Lipinski definition) is 1. The fourth-order valence-electron chi connectivity index (χ4n) is 1.05. The molecule has 0 bridgehead atoms. The Balaban J connectivity index is 2.69. The molecule has 0 aromatic rings. The Morgan fingerprint density at radius 1 is 1.09 bits per heavy atom. The lowest BCUT2D eigenvalue weighted by Crippen LogP contribution is -1.81. The van der Waals surface area contributed by atoms with E-state index < -0.39 is 0 Å². The highest BCUT2D eigenvalue weighted by Crippen LogP contribution is 2.10. The summed E-state index contributed by atoms with van der Waals surface area (Å²) in [6, 6.07) is 0. The summed E-state index contributed by atoms with van der Waals surface area (Å²) in [5.41, 5.74) is 0. The van der Waals surface area contributed by atoms with Crippen LogP contribution in [0.2, 0.25) is 0 Å². The van der Waals surface area contributed by atoms with Gasteiger partial charge in [-0.05, 0) is 19.1 Å². The largest absolute Gasteiger partial charge is 0.157 e. The van der Waals surface area contributed by atoms with Crippen LogP contribution in [0, 0.1) is 12.7 Å². The van der Waals surface area contributed by atoms with E-state index >= 15 is 0 Å². The summed E-state index contributed by atoms with van der Waals surface area (Å²) in [6.45, 7) is 5.93. The maximum atomic E-state index is 3.67. The van der Waals surface area contributed by atoms with Crippen molar-refractivity contribution in [2.75, 3.05) is 5.75 Å². The Morgan fingerprint density at radius 3 is 2.36 bits per heavy atom. The summed E-state index contributed by atoms with van der Waals surface area (Å²) in [6.07, 6.45) is 8.37. The maximum absolute atomic E-state index is 3.67. The van der Waals surface area contributed by atoms with Crippen LogP contribution in [-0.4, -0.2) is 5.75 Å². The summed E-state index contributed by atoms with van der Waals surface area (Å²) >= 11 is 1.84. The van der Waals surface area contributed by atoms with Crippen LogP contribution < -0.4 is 0 Å². The number of unbranched alkanes of at least 4 members (excludes halogenated alkanes) is 5. The minimum atomic E-state index is 1.26. The van der Waals surface area contributed by atoms with E-state index in [0.717, 1.165) is 0 Å². The second-order valence-corrected chi connectivity index (χ2v) is 3.88. The van der Waals surface area contributed by atoms with Crippen molar-refractivity contribution in [3.63, 3.8) is 0 Å². The highest BCUT2D eigenvalue weighted by atomic mass is 32.2. The molecule has 0 heterocycles. The minimum Gasteiger partial charge on any atom is -0.157 e. The Hall–Kier alpha value is 0.350. The third-order valence-electron chi connectivity index (χ3n) is 1.73. The van der Waals surface area contributed by atoms with Crippen molar-refractivity contribution in [2.24, 2.45) is 0 Å². The van der Waals surface area contributed by atoms with Gasteiger partial charge in [-0.3, -0.25) is 0 Å². The normalized spacial score (nSPS) is 10.4. The van der Waals surface area contributed by atoms with Crippen molar-refractivity contribution < 1.29 is 0 Å². The maximum Gasteiger partial charge on any atom is 0.0166 e. The first kappa shape index (κ1) is 11.4. The molecule has 0 aliphatic heterocycles. The first-order valence-corrected chi connectivity index (χ1v) is 5.69. The molecule has 0 nitrogen and oxygen atoms in total. The van der Waals surface area contributed by atoms with Crippen molar-refractivity contribution in [2.45, 2.75) is 45.4 Å². The molecule has 11 heavy (non-hydrogen) atoms. The average molecular weight is 172 g/mol. The van der Waals surface area contributed by atoms with E-state index in [1.165, 1.54) is 44.3 Å². The summed E-state index contributed by atoms with van der Waals surface area (Å²) in [7, 11) is 0. The summed E-state index contributed by atoms with van der Waals surface area (Å²) in [5.74, 6) is 3.20. The van der Waals surface area contributed by atoms with Gasteiger partial charge in [-0.2, -0.15) is 11.8 Å². The SMILES string of the molecule is [CH2][CH]SCCCCCCCC. The van der Waals surface area contributed by atoms with Crippen molar-refractivity contribution in [3.8, 4) is 0 Å². The van der Waals surface area contributed by atoms with Gasteiger partial charge in [-0.1, -0.05) is 39.0 Å². The van der Waals surface area contributed by atoms with E-state index in [1.54, 1.807) is 0 Å². The van der Waals surface area contributed by atoms with Crippen molar-refractivity contribution in [3.05, 3.63) is 12.7 Å². The van der Waals surface area contributed by atoms with Gasteiger partial charge in [0.25, 0.3) is 0 Å². The molecule has 0 amide bonds. The van der Waals surface area contributed by atoms with E-state index in [1.807, 2.05) is 17.5 Å². The molecule has 1 heteroatoms. The van der Waals surface area contributed by atoms with Crippen molar-refractivity contribution >= 4 is 11.8 Å². The van der Waals surface area contributed by atoms with Crippen LogP contribution in [0.5, 0.6) is 0 Å². The highest BCUT2D eigenvalue weighted by Gasteiger charge is 1.89. The molecule has 0 saturated carbocycles. The van der Waals surface area contributed by atoms with Gasteiger partial charge >= 0.3 is 0 Å². The molecule has 0 unspecified atom stereocenters. The molecular weight excluding hydrogens is 152 g/mol. The van der Waals surface area contributed by atoms with Gasteiger partial charge in [0, 0.05) is 5.75 Å². The zero-order valence-electron chi connectivity index (χ0n) is 7.64. The minimum absolute atomic E-state index is 1.26. The lowest BCUT2D eigenvalue weighted by atomic mass is 10.1. The van der Waals surface area contributed by atoms with Crippen LogP contribution in [0.3, 0.4) is 0 Å². The number of hydrogen-bond donors (Lipinski definition) is 0. The zero-order chi connectivity index (χ0) is 8.36. The van der Waals surface area contributed by atoms with Gasteiger partial charge in [0.2, 0.25) is 0 Å². The average Bonchev–Trinajstić information content (AvgIpc) is 2.03. The zero-order valence-corrected chi connectivity index (χ0v) is 8.46. The third kappa shape index (κ3) is 10.4. The van der Waals surface area contributed by atoms with Crippen LogP contribution in [0.1, 0.15) is 45.4 Å². The Bertz CT molecular complexity index is 53.9. The molecule has 0 aromatic carbocycles. The van der Waals surface area contributed by atoms with Gasteiger partial charge in [0.1, 0.15) is 0 Å². The van der Waals surface area contributed by atoms with Gasteiger partial charge in [0.05, 0.1) is 0 Å². The second-order valence-electron chi connectivity index (χ2n) is 2.81. The monoisotopic (exact) mass is 172 g/mol. The molecular formula is C10H20S. The molecule has 0 saturated heterocycles. The van der Waals surface area contributed by atoms with Gasteiger partial charge < -0.3 is 0 Å². The smallest absolute Gasteiger partial charge is 0.0166 e. The van der Waals surface area contributed by atoms with Crippen LogP contribution >= 0.6 is 11.8 Å². The third-order valence-corrected chi connectivity index (χ3v) is 2.49. The molecule has 0 fully saturated rings. The predicted octanol–water partition coefficient (Wildman–Crippen LogP) is 4.08. The second kappa shape index (κ2) is 10.3. The van der Waals surface area contributed by atoms with Crippen LogP contribution in [0.25, 0.3) is 0 Å². The molecule has 0 atom stereocenters. The summed E-state index contributed by atoms with van der Waals surface area (Å²) in [4.78, 5) is 0. The van der Waals surface area contributed by atoms with Gasteiger partial charge in [0.15, 0.2) is 0 Å². The summed E-state index contributed by atoms with van der Waals surface area (Å²) < 4.78 is 0. The molecule has 0 spiro atoms. The number of rotatable bonds is 8. The lowest BCUT2D eigenvalue weighted by molar-refractivity contribution is 0.627. The molecule has 0 N–H and O–H groups in total. The molecule has 66 valence electrons. The van der Waals surface area contributed by atoms with Gasteiger partial charge in [-0.15, -0.1) is 0 Å². The Labute approximate surface area is 76.1 Å². The van der Waals surface area contributed by atoms with E-state index in [2.05, 4.69) is 13.8 Å². The molecule has 0 rings (SSSR count). The standard InChI is InChI=1S/C10H20S/c1-3-5-6-7-8-9-10-11-4-2/h4H,2-3,5-10H2,1H3. The van der Waals surface area contributed by atoms with Crippen LogP contribution in [-0.2, 0) is 0 Å². The first-order chi connectivity index (χ1) is 5.41. The van der Waals surface area contributed by atoms with Crippen molar-refractivity contribution in [1.29, 1.82) is 0 Å². The van der Waals surface area contributed by atoms with Crippen LogP contribution in [0.15, 0.2) is 0 Å². The number of thioether (sulfide) groups is 1. The van der Waals surface area contributed by atoms with E-state index in [9.17, 15) is 0 Å². The fourth-order valence-corrected chi connectivity index (χ4v) is 1.59. The van der Waals surface area contributed by atoms with Gasteiger partial charge in [-0.25, -0.2) is 0 Å². The van der Waals surface area contributed by atoms with E-state index in [0.29, 0.717) is 0 Å². The fraction of sp³-hybridized carbons (Fsp3) is 0.800. The molecule has 0 aromatic heterocycles. The predicted molar refractivity (Wildman–Crippen MR) is 55.5 cm³/mol. The lowest BCUT2D eigenvalue weighted by Gasteiger charge is -1.98. The molecule has 0 aliphatic carbocycles. The van der Waals surface area contributed by atoms with Crippen molar-refractivity contribution in [1.82, 2.24) is 0 Å². The topological polar surface area (TPSA) is 0 Å². The first-order valence-electron chi connectivity index (χ1n) is 4.64. The highest BCUT2D eigenvalue weighted by molar-refractivity contribution is 8.01. The van der Waals surface area contributed by atoms with E-state index in [-0.39, 0.29) is 0 Å². The van der Waals surface area contributed by atoms with E-state index in [4.69, 9.17) is 0 Å².